The Kier molecular flexibility index (Phi) is 4.42. The molecule has 0 aliphatic rings. The van der Waals surface area contributed by atoms with Gasteiger partial charge in [0.15, 0.2) is 0 Å². The molecule has 3 rings (SSSR count). The largest absolute Gasteiger partial charge is 1.00 e. The minimum atomic E-state index is 0. The summed E-state index contributed by atoms with van der Waals surface area (Å²) in [5, 5.41) is 0. The van der Waals surface area contributed by atoms with E-state index >= 15 is 0 Å². The average Bonchev–Trinajstić information content (AvgIpc) is 2.44. The molecule has 1 aromatic heterocycles. The smallest absolute Gasteiger partial charge is 0.233 e. The van der Waals surface area contributed by atoms with Gasteiger partial charge in [0, 0.05) is 31.9 Å². The van der Waals surface area contributed by atoms with Crippen LogP contribution >= 0.6 is 0 Å². The summed E-state index contributed by atoms with van der Waals surface area (Å²) in [5.41, 5.74) is 5.67. The van der Waals surface area contributed by atoms with Crippen LogP contribution in [0.25, 0.3) is 22.1 Å². The summed E-state index contributed by atoms with van der Waals surface area (Å²) >= 11 is 0. The standard InChI is InChI=1S/C16H18N3.HI/c1-4-19-15-8-6-5-7-13(15)17-14-10-9-12(18(2)3)11-16(14)19;/h5-11H,4H2,1-3H3;1H/q+1;/p-1. The van der Waals surface area contributed by atoms with Crippen LogP contribution < -0.4 is 33.4 Å². The normalized spacial score (nSPS) is 10.6. The van der Waals surface area contributed by atoms with E-state index in [0.717, 1.165) is 17.6 Å². The van der Waals surface area contributed by atoms with E-state index in [2.05, 4.69) is 66.9 Å². The Labute approximate surface area is 136 Å². The molecule has 0 spiro atoms. The molecule has 0 unspecified atom stereocenters. The molecule has 1 heterocycles. The number of anilines is 1. The number of aryl methyl sites for hydroxylation is 1. The van der Waals surface area contributed by atoms with Crippen LogP contribution in [0.4, 0.5) is 5.69 Å². The number of nitrogens with zero attached hydrogens (tertiary/aromatic N) is 3. The summed E-state index contributed by atoms with van der Waals surface area (Å²) in [4.78, 5) is 6.87. The van der Waals surface area contributed by atoms with Crippen LogP contribution in [-0.4, -0.2) is 19.1 Å². The summed E-state index contributed by atoms with van der Waals surface area (Å²) in [6.45, 7) is 3.12. The molecule has 0 radical (unpaired) electrons. The lowest BCUT2D eigenvalue weighted by molar-refractivity contribution is -0.641. The first kappa shape index (κ1) is 15.0. The number of aromatic nitrogens is 2. The van der Waals surface area contributed by atoms with Gasteiger partial charge in [-0.25, -0.2) is 4.98 Å². The second-order valence-electron chi connectivity index (χ2n) is 4.91. The molecule has 4 heteroatoms. The third-order valence-electron chi connectivity index (χ3n) is 3.50. The van der Waals surface area contributed by atoms with Crippen molar-refractivity contribution in [2.75, 3.05) is 19.0 Å². The van der Waals surface area contributed by atoms with E-state index in [1.165, 1.54) is 16.7 Å². The van der Waals surface area contributed by atoms with Gasteiger partial charge in [0.2, 0.25) is 11.0 Å². The van der Waals surface area contributed by atoms with Gasteiger partial charge in [-0.3, -0.25) is 0 Å². The van der Waals surface area contributed by atoms with Crippen molar-refractivity contribution >= 4 is 27.8 Å². The van der Waals surface area contributed by atoms with E-state index in [-0.39, 0.29) is 24.0 Å². The number of rotatable bonds is 2. The van der Waals surface area contributed by atoms with Crippen LogP contribution in [0.5, 0.6) is 0 Å². The second-order valence-corrected chi connectivity index (χ2v) is 4.91. The van der Waals surface area contributed by atoms with E-state index in [1.54, 1.807) is 0 Å². The zero-order valence-electron chi connectivity index (χ0n) is 12.0. The molecule has 0 atom stereocenters. The van der Waals surface area contributed by atoms with Crippen molar-refractivity contribution in [1.29, 1.82) is 0 Å². The molecule has 0 aliphatic heterocycles. The van der Waals surface area contributed by atoms with Gasteiger partial charge in [0.1, 0.15) is 17.6 Å². The highest BCUT2D eigenvalue weighted by molar-refractivity contribution is 5.83. The predicted molar refractivity (Wildman–Crippen MR) is 79.4 cm³/mol. The summed E-state index contributed by atoms with van der Waals surface area (Å²) in [7, 11) is 4.12. The SMILES string of the molecule is CC[n+]1c2ccccc2nc2ccc(N(C)C)cc21.[I-]. The van der Waals surface area contributed by atoms with Gasteiger partial charge in [-0.05, 0) is 25.1 Å². The zero-order valence-corrected chi connectivity index (χ0v) is 14.1. The number of hydrogen-bond acceptors (Lipinski definition) is 2. The van der Waals surface area contributed by atoms with Crippen molar-refractivity contribution < 1.29 is 28.5 Å². The number of hydrogen-bond donors (Lipinski definition) is 0. The molecule has 0 bridgehead atoms. The first-order valence-corrected chi connectivity index (χ1v) is 6.60. The van der Waals surface area contributed by atoms with Crippen LogP contribution in [0.3, 0.4) is 0 Å². The molecule has 20 heavy (non-hydrogen) atoms. The van der Waals surface area contributed by atoms with E-state index in [1.807, 2.05) is 6.07 Å². The number of halogens is 1. The Bertz CT molecular complexity index is 753. The van der Waals surface area contributed by atoms with E-state index in [9.17, 15) is 0 Å². The maximum Gasteiger partial charge on any atom is 0.233 e. The van der Waals surface area contributed by atoms with Gasteiger partial charge in [-0.1, -0.05) is 12.1 Å². The van der Waals surface area contributed by atoms with Gasteiger partial charge in [-0.2, -0.15) is 4.57 Å². The highest BCUT2D eigenvalue weighted by atomic mass is 127. The Morgan fingerprint density at radius 2 is 1.70 bits per heavy atom. The highest BCUT2D eigenvalue weighted by Crippen LogP contribution is 2.19. The predicted octanol–water partition coefficient (Wildman–Crippen LogP) is -0.235. The van der Waals surface area contributed by atoms with Crippen LogP contribution in [0.15, 0.2) is 42.5 Å². The van der Waals surface area contributed by atoms with Gasteiger partial charge >= 0.3 is 0 Å². The number of fused-ring (bicyclic) bond motifs is 2. The van der Waals surface area contributed by atoms with Gasteiger partial charge in [0.05, 0.1) is 0 Å². The summed E-state index contributed by atoms with van der Waals surface area (Å²) in [6, 6.07) is 14.7. The monoisotopic (exact) mass is 379 g/mol. The summed E-state index contributed by atoms with van der Waals surface area (Å²) in [6.07, 6.45) is 0. The van der Waals surface area contributed by atoms with Crippen molar-refractivity contribution in [2.24, 2.45) is 0 Å². The zero-order chi connectivity index (χ0) is 13.4. The van der Waals surface area contributed by atoms with Gasteiger partial charge in [0.25, 0.3) is 0 Å². The highest BCUT2D eigenvalue weighted by Gasteiger charge is 2.15. The lowest BCUT2D eigenvalue weighted by atomic mass is 10.2. The molecular formula is C16H18IN3. The quantitative estimate of drug-likeness (QED) is 0.348. The van der Waals surface area contributed by atoms with Crippen molar-refractivity contribution in [3.63, 3.8) is 0 Å². The molecule has 3 aromatic rings. The molecule has 0 amide bonds. The third kappa shape index (κ3) is 2.44. The minimum Gasteiger partial charge on any atom is -1.00 e. The fourth-order valence-corrected chi connectivity index (χ4v) is 2.49. The van der Waals surface area contributed by atoms with E-state index < -0.39 is 0 Å². The molecule has 0 aliphatic carbocycles. The molecule has 2 aromatic carbocycles. The van der Waals surface area contributed by atoms with Gasteiger partial charge < -0.3 is 28.9 Å². The van der Waals surface area contributed by atoms with Crippen LogP contribution in [0.1, 0.15) is 6.92 Å². The van der Waals surface area contributed by atoms with Crippen molar-refractivity contribution in [3.8, 4) is 0 Å². The molecule has 0 fully saturated rings. The summed E-state index contributed by atoms with van der Waals surface area (Å²) in [5.74, 6) is 0. The fraction of sp³-hybridized carbons (Fsp3) is 0.250. The third-order valence-corrected chi connectivity index (χ3v) is 3.50. The fourth-order valence-electron chi connectivity index (χ4n) is 2.49. The molecule has 0 N–H and O–H groups in total. The maximum absolute atomic E-state index is 4.75. The first-order valence-electron chi connectivity index (χ1n) is 6.60. The lowest BCUT2D eigenvalue weighted by Gasteiger charge is -2.12. The summed E-state index contributed by atoms with van der Waals surface area (Å²) < 4.78 is 2.32. The van der Waals surface area contributed by atoms with Crippen molar-refractivity contribution in [3.05, 3.63) is 42.5 Å². The molecule has 104 valence electrons. The van der Waals surface area contributed by atoms with Crippen LogP contribution in [0.2, 0.25) is 0 Å². The van der Waals surface area contributed by atoms with Crippen LogP contribution in [0, 0.1) is 0 Å². The molecule has 3 nitrogen and oxygen atoms in total. The maximum atomic E-state index is 4.75. The Hall–Kier alpha value is -1.43. The Morgan fingerprint density at radius 3 is 2.40 bits per heavy atom. The Morgan fingerprint density at radius 1 is 1.00 bits per heavy atom. The first-order chi connectivity index (χ1) is 9.20. The average molecular weight is 379 g/mol. The van der Waals surface area contributed by atoms with E-state index in [0.29, 0.717) is 0 Å². The molecule has 0 saturated heterocycles. The number of benzene rings is 2. The topological polar surface area (TPSA) is 20.0 Å². The number of para-hydroxylation sites is 2. The van der Waals surface area contributed by atoms with Crippen molar-refractivity contribution in [2.45, 2.75) is 13.5 Å². The van der Waals surface area contributed by atoms with Crippen molar-refractivity contribution in [1.82, 2.24) is 4.98 Å². The second kappa shape index (κ2) is 5.91. The minimum absolute atomic E-state index is 0. The van der Waals surface area contributed by atoms with Crippen LogP contribution in [-0.2, 0) is 6.54 Å². The Balaban J connectivity index is 0.00000147. The molecular weight excluding hydrogens is 361 g/mol. The molecule has 0 saturated carbocycles. The van der Waals surface area contributed by atoms with Gasteiger partial charge in [-0.15, -0.1) is 0 Å². The van der Waals surface area contributed by atoms with E-state index in [4.69, 9.17) is 4.98 Å². The lowest BCUT2D eigenvalue weighted by Crippen LogP contribution is -3.00.